The van der Waals surface area contributed by atoms with Gasteiger partial charge in [-0.2, -0.15) is 0 Å². The first-order chi connectivity index (χ1) is 14.2. The highest BCUT2D eigenvalue weighted by atomic mass is 35.5. The predicted octanol–water partition coefficient (Wildman–Crippen LogP) is 6.42. The van der Waals surface area contributed by atoms with Crippen LogP contribution in [0.1, 0.15) is 41.3 Å². The minimum atomic E-state index is 0. The van der Waals surface area contributed by atoms with Gasteiger partial charge in [-0.25, -0.2) is 0 Å². The molecule has 2 heterocycles. The molecule has 1 fully saturated rings. The van der Waals surface area contributed by atoms with Crippen LogP contribution in [0.15, 0.2) is 48.7 Å². The van der Waals surface area contributed by atoms with Gasteiger partial charge in [-0.05, 0) is 73.0 Å². The third-order valence-electron chi connectivity index (χ3n) is 5.76. The van der Waals surface area contributed by atoms with E-state index in [0.717, 1.165) is 29.1 Å². The molecule has 0 aliphatic heterocycles. The van der Waals surface area contributed by atoms with Crippen molar-refractivity contribution in [3.8, 4) is 11.5 Å². The largest absolute Gasteiger partial charge is 0.493 e. The van der Waals surface area contributed by atoms with E-state index < -0.39 is 0 Å². The molecule has 0 amide bonds. The molecule has 5 rings (SSSR count). The summed E-state index contributed by atoms with van der Waals surface area (Å²) in [6.45, 7) is 2.02. The van der Waals surface area contributed by atoms with Gasteiger partial charge in [0.25, 0.3) is 0 Å². The highest BCUT2D eigenvalue weighted by Crippen LogP contribution is 2.44. The van der Waals surface area contributed by atoms with Crippen LogP contribution in [-0.4, -0.2) is 24.2 Å². The number of hydrogen-bond donors (Lipinski definition) is 0. The van der Waals surface area contributed by atoms with Crippen LogP contribution < -0.4 is 9.47 Å². The van der Waals surface area contributed by atoms with Gasteiger partial charge in [-0.3, -0.25) is 9.97 Å². The second kappa shape index (κ2) is 9.29. The van der Waals surface area contributed by atoms with Crippen molar-refractivity contribution in [3.05, 3.63) is 71.2 Å². The Hall–Kier alpha value is -2.56. The van der Waals surface area contributed by atoms with Crippen LogP contribution in [0.5, 0.6) is 11.5 Å². The summed E-state index contributed by atoms with van der Waals surface area (Å²) in [5.41, 5.74) is 5.71. The number of halogens is 2. The summed E-state index contributed by atoms with van der Waals surface area (Å²) in [5, 5.41) is 3.54. The van der Waals surface area contributed by atoms with E-state index in [4.69, 9.17) is 14.5 Å². The topological polar surface area (TPSA) is 44.2 Å². The number of nitrogens with zero attached hydrogens (tertiary/aromatic N) is 2. The smallest absolute Gasteiger partial charge is 0.161 e. The Balaban J connectivity index is 0.00000136. The molecule has 31 heavy (non-hydrogen) atoms. The van der Waals surface area contributed by atoms with Crippen molar-refractivity contribution in [2.24, 2.45) is 0 Å². The second-order valence-corrected chi connectivity index (χ2v) is 7.85. The molecule has 0 unspecified atom stereocenters. The van der Waals surface area contributed by atoms with Crippen LogP contribution in [-0.2, 0) is 6.42 Å². The molecule has 0 saturated heterocycles. The van der Waals surface area contributed by atoms with Crippen molar-refractivity contribution < 1.29 is 9.47 Å². The van der Waals surface area contributed by atoms with E-state index in [1.807, 2.05) is 13.1 Å². The summed E-state index contributed by atoms with van der Waals surface area (Å²) in [7, 11) is 3.37. The highest BCUT2D eigenvalue weighted by Gasteiger charge is 2.28. The molecule has 1 aliphatic rings. The summed E-state index contributed by atoms with van der Waals surface area (Å²) in [6.07, 6.45) is 5.28. The monoisotopic (exact) mass is 456 g/mol. The fourth-order valence-electron chi connectivity index (χ4n) is 4.07. The number of ether oxygens (including phenoxy) is 2. The maximum Gasteiger partial charge on any atom is 0.161 e. The molecule has 2 aromatic carbocycles. The summed E-state index contributed by atoms with van der Waals surface area (Å²) in [6, 6.07) is 14.9. The first kappa shape index (κ1) is 23.1. The van der Waals surface area contributed by atoms with Crippen molar-refractivity contribution >= 4 is 46.5 Å². The van der Waals surface area contributed by atoms with Gasteiger partial charge >= 0.3 is 0 Å². The quantitative estimate of drug-likeness (QED) is 0.347. The minimum absolute atomic E-state index is 0. The Morgan fingerprint density at radius 2 is 1.61 bits per heavy atom. The Kier molecular flexibility index (Phi) is 6.93. The van der Waals surface area contributed by atoms with Gasteiger partial charge in [-0.15, -0.1) is 24.8 Å². The second-order valence-electron chi connectivity index (χ2n) is 7.85. The molecule has 0 bridgehead atoms. The molecule has 0 N–H and O–H groups in total. The van der Waals surface area contributed by atoms with E-state index in [2.05, 4.69) is 47.4 Å². The van der Waals surface area contributed by atoms with Crippen LogP contribution in [0.25, 0.3) is 21.7 Å². The highest BCUT2D eigenvalue weighted by molar-refractivity contribution is 5.91. The first-order valence-electron chi connectivity index (χ1n) is 10.1. The van der Waals surface area contributed by atoms with Gasteiger partial charge in [0, 0.05) is 28.6 Å². The van der Waals surface area contributed by atoms with Crippen LogP contribution in [0.4, 0.5) is 0 Å². The molecule has 162 valence electrons. The van der Waals surface area contributed by atoms with Gasteiger partial charge in [-0.1, -0.05) is 12.1 Å². The number of hydrogen-bond acceptors (Lipinski definition) is 4. The van der Waals surface area contributed by atoms with Gasteiger partial charge < -0.3 is 9.47 Å². The lowest BCUT2D eigenvalue weighted by atomic mass is 9.97. The van der Waals surface area contributed by atoms with E-state index in [9.17, 15) is 0 Å². The molecule has 4 aromatic rings. The van der Waals surface area contributed by atoms with Crippen molar-refractivity contribution in [1.82, 2.24) is 9.97 Å². The van der Waals surface area contributed by atoms with Crippen LogP contribution in [0.3, 0.4) is 0 Å². The standard InChI is InChI=1S/C25H24N2O2.2ClH/c1-15-4-6-18-10-16(5-9-22(18)27-15)11-19-14-26-25(17-7-8-17)21-13-24(29-3)23(28-2)12-20(19)21;;/h4-6,9-10,12-14,17H,7-8,11H2,1-3H3;2*1H. The maximum atomic E-state index is 5.58. The zero-order chi connectivity index (χ0) is 20.0. The summed E-state index contributed by atoms with van der Waals surface area (Å²) in [4.78, 5) is 9.47. The average Bonchev–Trinajstić information content (AvgIpc) is 3.58. The van der Waals surface area contributed by atoms with Gasteiger partial charge in [0.1, 0.15) is 0 Å². The Morgan fingerprint density at radius 1 is 0.903 bits per heavy atom. The van der Waals surface area contributed by atoms with Crippen molar-refractivity contribution in [3.63, 3.8) is 0 Å². The van der Waals surface area contributed by atoms with Crippen LogP contribution in [0, 0.1) is 6.92 Å². The number of rotatable bonds is 5. The Morgan fingerprint density at radius 3 is 2.29 bits per heavy atom. The molecule has 1 saturated carbocycles. The maximum absolute atomic E-state index is 5.58. The lowest BCUT2D eigenvalue weighted by Gasteiger charge is -2.15. The normalized spacial score (nSPS) is 12.9. The number of fused-ring (bicyclic) bond motifs is 2. The van der Waals surface area contributed by atoms with Crippen molar-refractivity contribution in [1.29, 1.82) is 0 Å². The van der Waals surface area contributed by atoms with Crippen molar-refractivity contribution in [2.45, 2.75) is 32.1 Å². The predicted molar refractivity (Wildman–Crippen MR) is 131 cm³/mol. The molecule has 2 aromatic heterocycles. The zero-order valence-corrected chi connectivity index (χ0v) is 19.5. The van der Waals surface area contributed by atoms with Crippen LogP contribution >= 0.6 is 24.8 Å². The third kappa shape index (κ3) is 4.41. The van der Waals surface area contributed by atoms with Gasteiger partial charge in [0.15, 0.2) is 11.5 Å². The van der Waals surface area contributed by atoms with Crippen LogP contribution in [0.2, 0.25) is 0 Å². The fourth-order valence-corrected chi connectivity index (χ4v) is 4.07. The Bertz CT molecular complexity index is 1240. The molecule has 0 spiro atoms. The van der Waals surface area contributed by atoms with E-state index in [1.165, 1.54) is 45.8 Å². The average molecular weight is 457 g/mol. The molecular formula is C25H26Cl2N2O2. The molecule has 6 heteroatoms. The van der Waals surface area contributed by atoms with E-state index in [0.29, 0.717) is 5.92 Å². The molecule has 0 atom stereocenters. The number of aromatic nitrogens is 2. The van der Waals surface area contributed by atoms with E-state index >= 15 is 0 Å². The lowest BCUT2D eigenvalue weighted by molar-refractivity contribution is 0.356. The molecule has 1 aliphatic carbocycles. The SMILES string of the molecule is COc1cc2c(Cc3ccc4nc(C)ccc4c3)cnc(C3CC3)c2cc1OC.Cl.Cl. The van der Waals surface area contributed by atoms with Crippen molar-refractivity contribution in [2.75, 3.05) is 14.2 Å². The number of pyridine rings is 2. The minimum Gasteiger partial charge on any atom is -0.493 e. The number of benzene rings is 2. The molecule has 0 radical (unpaired) electrons. The molecule has 4 nitrogen and oxygen atoms in total. The van der Waals surface area contributed by atoms with Gasteiger partial charge in [0.05, 0.1) is 25.4 Å². The lowest BCUT2D eigenvalue weighted by Crippen LogP contribution is -1.99. The van der Waals surface area contributed by atoms with E-state index in [1.54, 1.807) is 14.2 Å². The third-order valence-corrected chi connectivity index (χ3v) is 5.76. The Labute approximate surface area is 194 Å². The number of aryl methyl sites for hydroxylation is 1. The zero-order valence-electron chi connectivity index (χ0n) is 17.8. The summed E-state index contributed by atoms with van der Waals surface area (Å²) >= 11 is 0. The number of methoxy groups -OCH3 is 2. The first-order valence-corrected chi connectivity index (χ1v) is 10.1. The van der Waals surface area contributed by atoms with Gasteiger partial charge in [0.2, 0.25) is 0 Å². The van der Waals surface area contributed by atoms with E-state index in [-0.39, 0.29) is 24.8 Å². The summed E-state index contributed by atoms with van der Waals surface area (Å²) < 4.78 is 11.1. The summed E-state index contributed by atoms with van der Waals surface area (Å²) in [5.74, 6) is 2.08. The molecular weight excluding hydrogens is 431 g/mol. The fraction of sp³-hybridized carbons (Fsp3) is 0.280.